The molecule has 0 bridgehead atoms. The summed E-state index contributed by atoms with van der Waals surface area (Å²) in [6.07, 6.45) is 8.31. The first-order valence-electron chi connectivity index (χ1n) is 11.0. The number of hydrogen-bond donors (Lipinski definition) is 0. The van der Waals surface area contributed by atoms with Crippen LogP contribution in [0.15, 0.2) is 18.3 Å². The molecule has 158 valence electrons. The third-order valence-electron chi connectivity index (χ3n) is 5.44. The number of anilines is 1. The second-order valence-electron chi connectivity index (χ2n) is 8.92. The Morgan fingerprint density at radius 1 is 1.36 bits per heavy atom. The molecule has 1 fully saturated rings. The van der Waals surface area contributed by atoms with Crippen LogP contribution < -0.4 is 4.90 Å². The monoisotopic (exact) mass is 389 g/mol. The predicted molar refractivity (Wildman–Crippen MR) is 116 cm³/mol. The number of pyridine rings is 1. The number of nitrogens with zero attached hydrogens (tertiary/aromatic N) is 3. The normalized spacial score (nSPS) is 19.3. The highest BCUT2D eigenvalue weighted by Gasteiger charge is 2.33. The number of carbonyl (C=O) groups is 1. The molecule has 0 spiro atoms. The number of carbonyl (C=O) groups excluding carboxylic acids is 1. The second kappa shape index (κ2) is 10.2. The Labute approximate surface area is 171 Å². The van der Waals surface area contributed by atoms with Crippen molar-refractivity contribution in [2.75, 3.05) is 18.0 Å². The first-order chi connectivity index (χ1) is 13.3. The van der Waals surface area contributed by atoms with Gasteiger partial charge in [-0.15, -0.1) is 0 Å². The van der Waals surface area contributed by atoms with Crippen LogP contribution in [0.1, 0.15) is 91.7 Å². The maximum Gasteiger partial charge on any atom is 0.416 e. The van der Waals surface area contributed by atoms with Gasteiger partial charge in [0, 0.05) is 23.8 Å². The Hall–Kier alpha value is -1.62. The Balaban J connectivity index is 2.41. The van der Waals surface area contributed by atoms with E-state index in [4.69, 9.17) is 4.74 Å². The van der Waals surface area contributed by atoms with Gasteiger partial charge in [-0.1, -0.05) is 32.8 Å². The standard InChI is InChI=1S/C23H39N3O2/c1-7-9-16-25-17-11-10-14-20(25)19-13-12-15-24-21(19)26(18(3)8-2)22(27)28-23(4,5)6/h12-13,15,18,20H,7-11,14,16-17H2,1-6H3/t18-,20-/m1/s1. The maximum atomic E-state index is 13.1. The zero-order valence-corrected chi connectivity index (χ0v) is 18.7. The molecular formula is C23H39N3O2. The SMILES string of the molecule is CCCCN1CCCC[C@@H]1c1cccnc1N(C(=O)OC(C)(C)C)[C@H](C)CC. The van der Waals surface area contributed by atoms with Gasteiger partial charge in [0.25, 0.3) is 0 Å². The van der Waals surface area contributed by atoms with Crippen molar-refractivity contribution in [3.63, 3.8) is 0 Å². The van der Waals surface area contributed by atoms with Crippen molar-refractivity contribution >= 4 is 11.9 Å². The second-order valence-corrected chi connectivity index (χ2v) is 8.92. The van der Waals surface area contributed by atoms with Gasteiger partial charge < -0.3 is 4.74 Å². The lowest BCUT2D eigenvalue weighted by molar-refractivity contribution is 0.0564. The number of unbranched alkanes of at least 4 members (excludes halogenated alkanes) is 1. The third kappa shape index (κ3) is 5.94. The van der Waals surface area contributed by atoms with Gasteiger partial charge in [-0.05, 0) is 72.5 Å². The summed E-state index contributed by atoms with van der Waals surface area (Å²) in [6.45, 7) is 14.4. The molecule has 0 aliphatic carbocycles. The van der Waals surface area contributed by atoms with Crippen LogP contribution in [0.3, 0.4) is 0 Å². The van der Waals surface area contributed by atoms with Crippen LogP contribution in [0.5, 0.6) is 0 Å². The van der Waals surface area contributed by atoms with Crippen LogP contribution >= 0.6 is 0 Å². The summed E-state index contributed by atoms with van der Waals surface area (Å²) in [5.74, 6) is 0.763. The molecule has 28 heavy (non-hydrogen) atoms. The average molecular weight is 390 g/mol. The molecule has 5 heteroatoms. The van der Waals surface area contributed by atoms with Gasteiger partial charge in [0.15, 0.2) is 0 Å². The first-order valence-corrected chi connectivity index (χ1v) is 11.0. The summed E-state index contributed by atoms with van der Waals surface area (Å²) in [5.41, 5.74) is 0.625. The lowest BCUT2D eigenvalue weighted by Gasteiger charge is -2.38. The van der Waals surface area contributed by atoms with Gasteiger partial charge in [0.2, 0.25) is 0 Å². The molecule has 2 atom stereocenters. The molecule has 0 unspecified atom stereocenters. The van der Waals surface area contributed by atoms with Crippen LogP contribution in [0, 0.1) is 0 Å². The molecule has 0 N–H and O–H groups in total. The number of hydrogen-bond acceptors (Lipinski definition) is 4. The fourth-order valence-corrected chi connectivity index (χ4v) is 3.81. The summed E-state index contributed by atoms with van der Waals surface area (Å²) >= 11 is 0. The van der Waals surface area contributed by atoms with Crippen LogP contribution in [-0.2, 0) is 4.74 Å². The van der Waals surface area contributed by atoms with Crippen LogP contribution in [-0.4, -0.2) is 40.7 Å². The average Bonchev–Trinajstić information content (AvgIpc) is 2.65. The first kappa shape index (κ1) is 22.7. The molecule has 1 aliphatic heterocycles. The van der Waals surface area contributed by atoms with Crippen molar-refractivity contribution in [1.29, 1.82) is 0 Å². The maximum absolute atomic E-state index is 13.1. The summed E-state index contributed by atoms with van der Waals surface area (Å²) in [6, 6.07) is 4.49. The van der Waals surface area contributed by atoms with Gasteiger partial charge in [-0.2, -0.15) is 0 Å². The van der Waals surface area contributed by atoms with E-state index in [0.29, 0.717) is 6.04 Å². The summed E-state index contributed by atoms with van der Waals surface area (Å²) in [5, 5.41) is 0. The highest BCUT2D eigenvalue weighted by Crippen LogP contribution is 2.36. The number of likely N-dealkylation sites (tertiary alicyclic amines) is 1. The number of amides is 1. The molecule has 1 saturated heterocycles. The quantitative estimate of drug-likeness (QED) is 0.578. The fraction of sp³-hybridized carbons (Fsp3) is 0.739. The van der Waals surface area contributed by atoms with E-state index in [1.54, 1.807) is 11.1 Å². The Bertz CT molecular complexity index is 627. The van der Waals surface area contributed by atoms with Crippen molar-refractivity contribution < 1.29 is 9.53 Å². The van der Waals surface area contributed by atoms with Crippen molar-refractivity contribution in [1.82, 2.24) is 9.88 Å². The molecule has 2 rings (SSSR count). The van der Waals surface area contributed by atoms with Crippen molar-refractivity contribution in [3.05, 3.63) is 23.9 Å². The fourth-order valence-electron chi connectivity index (χ4n) is 3.81. The Kier molecular flexibility index (Phi) is 8.29. The molecule has 1 aromatic heterocycles. The van der Waals surface area contributed by atoms with Crippen LogP contribution in [0.2, 0.25) is 0 Å². The lowest BCUT2D eigenvalue weighted by atomic mass is 9.94. The van der Waals surface area contributed by atoms with Crippen molar-refractivity contribution in [3.8, 4) is 0 Å². The van der Waals surface area contributed by atoms with Crippen LogP contribution in [0.4, 0.5) is 10.6 Å². The zero-order chi connectivity index (χ0) is 20.7. The largest absolute Gasteiger partial charge is 0.443 e. The van der Waals surface area contributed by atoms with E-state index < -0.39 is 5.60 Å². The lowest BCUT2D eigenvalue weighted by Crippen LogP contribution is -2.44. The van der Waals surface area contributed by atoms with Gasteiger partial charge in [0.1, 0.15) is 11.4 Å². The number of aromatic nitrogens is 1. The van der Waals surface area contributed by atoms with E-state index in [1.807, 2.05) is 26.8 Å². The van der Waals surface area contributed by atoms with Gasteiger partial charge in [-0.25, -0.2) is 9.78 Å². The van der Waals surface area contributed by atoms with Crippen molar-refractivity contribution in [2.45, 2.75) is 97.8 Å². The number of rotatable bonds is 7. The molecule has 2 heterocycles. The molecular weight excluding hydrogens is 350 g/mol. The summed E-state index contributed by atoms with van der Waals surface area (Å²) in [4.78, 5) is 22.1. The Morgan fingerprint density at radius 3 is 2.75 bits per heavy atom. The topological polar surface area (TPSA) is 45.7 Å². The van der Waals surface area contributed by atoms with Gasteiger partial charge in [0.05, 0.1) is 0 Å². The van der Waals surface area contributed by atoms with Crippen molar-refractivity contribution in [2.24, 2.45) is 0 Å². The van der Waals surface area contributed by atoms with E-state index in [9.17, 15) is 4.79 Å². The molecule has 0 saturated carbocycles. The minimum absolute atomic E-state index is 0.0242. The van der Waals surface area contributed by atoms with E-state index >= 15 is 0 Å². The Morgan fingerprint density at radius 2 is 2.11 bits per heavy atom. The smallest absolute Gasteiger partial charge is 0.416 e. The minimum Gasteiger partial charge on any atom is -0.443 e. The number of piperidine rings is 1. The minimum atomic E-state index is -0.532. The third-order valence-corrected chi connectivity index (χ3v) is 5.44. The van der Waals surface area contributed by atoms with E-state index in [2.05, 4.69) is 36.7 Å². The summed E-state index contributed by atoms with van der Waals surface area (Å²) < 4.78 is 5.74. The van der Waals surface area contributed by atoms with Crippen LogP contribution in [0.25, 0.3) is 0 Å². The highest BCUT2D eigenvalue weighted by molar-refractivity contribution is 5.88. The molecule has 0 aromatic carbocycles. The molecule has 1 amide bonds. The molecule has 1 aliphatic rings. The molecule has 5 nitrogen and oxygen atoms in total. The zero-order valence-electron chi connectivity index (χ0n) is 18.7. The predicted octanol–water partition coefficient (Wildman–Crippen LogP) is 5.95. The van der Waals surface area contributed by atoms with Gasteiger partial charge >= 0.3 is 6.09 Å². The van der Waals surface area contributed by atoms with E-state index in [1.165, 1.54) is 25.7 Å². The highest BCUT2D eigenvalue weighted by atomic mass is 16.6. The summed E-state index contributed by atoms with van der Waals surface area (Å²) in [7, 11) is 0. The number of ether oxygens (including phenoxy) is 1. The van der Waals surface area contributed by atoms with Gasteiger partial charge in [-0.3, -0.25) is 9.80 Å². The van der Waals surface area contributed by atoms with E-state index in [-0.39, 0.29) is 12.1 Å². The molecule has 1 aromatic rings. The van der Waals surface area contributed by atoms with E-state index in [0.717, 1.165) is 37.3 Å². The molecule has 0 radical (unpaired) electrons.